The molecule has 1 heterocycles. The third-order valence-electron chi connectivity index (χ3n) is 3.30. The molecule has 0 fully saturated rings. The van der Waals surface area contributed by atoms with Gasteiger partial charge in [-0.2, -0.15) is 0 Å². The van der Waals surface area contributed by atoms with E-state index < -0.39 is 10.0 Å². The molecule has 0 bridgehead atoms. The SMILES string of the molecule is O=S(=O)(NCCn1cnc2ccccc21)c1ccc(Cl)cc1. The lowest BCUT2D eigenvalue weighted by molar-refractivity contribution is 0.574. The van der Waals surface area contributed by atoms with Crippen LogP contribution in [0.15, 0.2) is 59.8 Å². The maximum Gasteiger partial charge on any atom is 0.240 e. The highest BCUT2D eigenvalue weighted by Gasteiger charge is 2.13. The monoisotopic (exact) mass is 335 g/mol. The van der Waals surface area contributed by atoms with E-state index in [9.17, 15) is 8.42 Å². The van der Waals surface area contributed by atoms with Crippen LogP contribution in [0.3, 0.4) is 0 Å². The van der Waals surface area contributed by atoms with Crippen LogP contribution in [0.4, 0.5) is 0 Å². The second-order valence-corrected chi connectivity index (χ2v) is 6.98. The quantitative estimate of drug-likeness (QED) is 0.779. The van der Waals surface area contributed by atoms with E-state index in [0.717, 1.165) is 11.0 Å². The Bertz CT molecular complexity index is 889. The van der Waals surface area contributed by atoms with Crippen molar-refractivity contribution in [3.63, 3.8) is 0 Å². The Labute approximate surface area is 133 Å². The topological polar surface area (TPSA) is 64.0 Å². The van der Waals surface area contributed by atoms with Crippen LogP contribution in [-0.4, -0.2) is 24.5 Å². The Morgan fingerprint density at radius 2 is 1.82 bits per heavy atom. The third kappa shape index (κ3) is 3.14. The van der Waals surface area contributed by atoms with Crippen LogP contribution in [-0.2, 0) is 16.6 Å². The van der Waals surface area contributed by atoms with Gasteiger partial charge in [-0.05, 0) is 36.4 Å². The Hall–Kier alpha value is -1.89. The predicted molar refractivity (Wildman–Crippen MR) is 86.4 cm³/mol. The largest absolute Gasteiger partial charge is 0.329 e. The zero-order chi connectivity index (χ0) is 15.6. The number of rotatable bonds is 5. The summed E-state index contributed by atoms with van der Waals surface area (Å²) in [7, 11) is -3.53. The van der Waals surface area contributed by atoms with Crippen LogP contribution in [0.5, 0.6) is 0 Å². The van der Waals surface area contributed by atoms with Crippen molar-refractivity contribution >= 4 is 32.7 Å². The van der Waals surface area contributed by atoms with E-state index in [1.54, 1.807) is 18.5 Å². The maximum atomic E-state index is 12.2. The molecule has 0 amide bonds. The molecule has 0 saturated heterocycles. The molecule has 0 aliphatic heterocycles. The van der Waals surface area contributed by atoms with Crippen molar-refractivity contribution in [2.24, 2.45) is 0 Å². The van der Waals surface area contributed by atoms with Crippen molar-refractivity contribution in [3.8, 4) is 0 Å². The molecule has 0 aliphatic carbocycles. The summed E-state index contributed by atoms with van der Waals surface area (Å²) in [5.74, 6) is 0. The molecule has 0 unspecified atom stereocenters. The summed E-state index contributed by atoms with van der Waals surface area (Å²) in [6.45, 7) is 0.790. The van der Waals surface area contributed by atoms with Crippen molar-refractivity contribution in [3.05, 3.63) is 59.9 Å². The molecule has 0 saturated carbocycles. The van der Waals surface area contributed by atoms with Crippen LogP contribution in [0.25, 0.3) is 11.0 Å². The molecule has 1 N–H and O–H groups in total. The number of hydrogen-bond donors (Lipinski definition) is 1. The Balaban J connectivity index is 1.68. The van der Waals surface area contributed by atoms with Gasteiger partial charge in [0.05, 0.1) is 22.3 Å². The number of nitrogens with one attached hydrogen (secondary N) is 1. The molecule has 3 rings (SSSR count). The van der Waals surface area contributed by atoms with Gasteiger partial charge in [0.1, 0.15) is 0 Å². The van der Waals surface area contributed by atoms with E-state index in [1.165, 1.54) is 12.1 Å². The smallest absolute Gasteiger partial charge is 0.240 e. The zero-order valence-corrected chi connectivity index (χ0v) is 13.2. The Kier molecular flexibility index (Phi) is 4.15. The van der Waals surface area contributed by atoms with Gasteiger partial charge in [0.25, 0.3) is 0 Å². The highest BCUT2D eigenvalue weighted by Crippen LogP contribution is 2.14. The number of aromatic nitrogens is 2. The molecule has 114 valence electrons. The van der Waals surface area contributed by atoms with Crippen molar-refractivity contribution in [2.75, 3.05) is 6.54 Å². The Morgan fingerprint density at radius 1 is 1.09 bits per heavy atom. The normalized spacial score (nSPS) is 11.9. The van der Waals surface area contributed by atoms with Gasteiger partial charge >= 0.3 is 0 Å². The number of benzene rings is 2. The fourth-order valence-corrected chi connectivity index (χ4v) is 3.33. The van der Waals surface area contributed by atoms with Gasteiger partial charge in [-0.1, -0.05) is 23.7 Å². The first kappa shape index (κ1) is 15.0. The second kappa shape index (κ2) is 6.08. The molecular formula is C15H14ClN3O2S. The van der Waals surface area contributed by atoms with E-state index in [1.807, 2.05) is 28.8 Å². The van der Waals surface area contributed by atoms with Crippen LogP contribution < -0.4 is 4.72 Å². The van der Waals surface area contributed by atoms with E-state index in [2.05, 4.69) is 9.71 Å². The highest BCUT2D eigenvalue weighted by atomic mass is 35.5. The standard InChI is InChI=1S/C15H14ClN3O2S/c16-12-5-7-13(8-6-12)22(20,21)18-9-10-19-11-17-14-3-1-2-4-15(14)19/h1-8,11,18H,9-10H2. The molecule has 1 aromatic heterocycles. The van der Waals surface area contributed by atoms with E-state index >= 15 is 0 Å². The van der Waals surface area contributed by atoms with Gasteiger partial charge in [0.2, 0.25) is 10.0 Å². The van der Waals surface area contributed by atoms with Crippen molar-refractivity contribution in [1.82, 2.24) is 14.3 Å². The average Bonchev–Trinajstić information content (AvgIpc) is 2.91. The zero-order valence-electron chi connectivity index (χ0n) is 11.6. The fourth-order valence-electron chi connectivity index (χ4n) is 2.19. The van der Waals surface area contributed by atoms with Gasteiger partial charge in [-0.15, -0.1) is 0 Å². The summed E-state index contributed by atoms with van der Waals surface area (Å²) in [5, 5.41) is 0.504. The van der Waals surface area contributed by atoms with Gasteiger partial charge < -0.3 is 4.57 Å². The molecule has 3 aromatic rings. The number of imidazole rings is 1. The molecular weight excluding hydrogens is 322 g/mol. The number of halogens is 1. The van der Waals surface area contributed by atoms with Crippen LogP contribution in [0.2, 0.25) is 5.02 Å². The molecule has 0 aliphatic rings. The van der Waals surface area contributed by atoms with Gasteiger partial charge in [0.15, 0.2) is 0 Å². The molecule has 0 radical (unpaired) electrons. The van der Waals surface area contributed by atoms with E-state index in [4.69, 9.17) is 11.6 Å². The maximum absolute atomic E-state index is 12.2. The minimum Gasteiger partial charge on any atom is -0.329 e. The molecule has 0 spiro atoms. The van der Waals surface area contributed by atoms with E-state index in [-0.39, 0.29) is 11.4 Å². The molecule has 5 nitrogen and oxygen atoms in total. The Morgan fingerprint density at radius 3 is 2.59 bits per heavy atom. The van der Waals surface area contributed by atoms with Crippen LogP contribution >= 0.6 is 11.6 Å². The fraction of sp³-hybridized carbons (Fsp3) is 0.133. The minimum atomic E-state index is -3.53. The second-order valence-electron chi connectivity index (χ2n) is 4.78. The first-order chi connectivity index (χ1) is 10.6. The first-order valence-corrected chi connectivity index (χ1v) is 8.57. The van der Waals surface area contributed by atoms with Crippen LogP contribution in [0.1, 0.15) is 0 Å². The predicted octanol–water partition coefficient (Wildman–Crippen LogP) is 2.67. The summed E-state index contributed by atoms with van der Waals surface area (Å²) in [4.78, 5) is 4.47. The lowest BCUT2D eigenvalue weighted by Crippen LogP contribution is -2.27. The minimum absolute atomic E-state index is 0.201. The lowest BCUT2D eigenvalue weighted by atomic mass is 10.3. The van der Waals surface area contributed by atoms with Crippen LogP contribution in [0, 0.1) is 0 Å². The number of sulfonamides is 1. The number of hydrogen-bond acceptors (Lipinski definition) is 3. The summed E-state index contributed by atoms with van der Waals surface area (Å²) < 4.78 is 28.8. The summed E-state index contributed by atoms with van der Waals surface area (Å²) >= 11 is 5.76. The van der Waals surface area contributed by atoms with Crippen molar-refractivity contribution in [2.45, 2.75) is 11.4 Å². The molecule has 22 heavy (non-hydrogen) atoms. The summed E-state index contributed by atoms with van der Waals surface area (Å²) in [6, 6.07) is 13.8. The molecule has 7 heteroatoms. The molecule has 2 aromatic carbocycles. The van der Waals surface area contributed by atoms with Gasteiger partial charge in [-0.3, -0.25) is 0 Å². The van der Waals surface area contributed by atoms with Gasteiger partial charge in [0, 0.05) is 18.1 Å². The first-order valence-electron chi connectivity index (χ1n) is 6.71. The average molecular weight is 336 g/mol. The number of fused-ring (bicyclic) bond motifs is 1. The number of para-hydroxylation sites is 2. The highest BCUT2D eigenvalue weighted by molar-refractivity contribution is 7.89. The summed E-state index contributed by atoms with van der Waals surface area (Å²) in [6.07, 6.45) is 1.71. The summed E-state index contributed by atoms with van der Waals surface area (Å²) in [5.41, 5.74) is 1.87. The van der Waals surface area contributed by atoms with E-state index in [0.29, 0.717) is 11.6 Å². The van der Waals surface area contributed by atoms with Crippen molar-refractivity contribution in [1.29, 1.82) is 0 Å². The van der Waals surface area contributed by atoms with Crippen molar-refractivity contribution < 1.29 is 8.42 Å². The lowest BCUT2D eigenvalue weighted by Gasteiger charge is -2.08. The molecule has 0 atom stereocenters. The van der Waals surface area contributed by atoms with Gasteiger partial charge in [-0.25, -0.2) is 18.1 Å². The number of nitrogens with zero attached hydrogens (tertiary/aromatic N) is 2. The third-order valence-corrected chi connectivity index (χ3v) is 5.03.